The monoisotopic (exact) mass is 390 g/mol. The highest BCUT2D eigenvalue weighted by atomic mass is 16.5. The van der Waals surface area contributed by atoms with E-state index in [1.54, 1.807) is 0 Å². The van der Waals surface area contributed by atoms with Crippen molar-refractivity contribution in [3.05, 3.63) is 53.3 Å². The Labute approximate surface area is 172 Å². The lowest BCUT2D eigenvalue weighted by molar-refractivity contribution is -0.120. The molecular weight excluding hydrogens is 364 g/mol. The number of carbonyl (C=O) groups excluding carboxylic acids is 1. The van der Waals surface area contributed by atoms with Crippen LogP contribution in [-0.4, -0.2) is 73.6 Å². The number of amides is 1. The van der Waals surface area contributed by atoms with Gasteiger partial charge in [-0.05, 0) is 50.2 Å². The summed E-state index contributed by atoms with van der Waals surface area (Å²) >= 11 is 0. The molecule has 2 aliphatic rings. The fourth-order valence-electron chi connectivity index (χ4n) is 3.59. The molecular formula is C23H26N4O2. The van der Waals surface area contributed by atoms with Gasteiger partial charge in [0.05, 0.1) is 18.8 Å². The quantitative estimate of drug-likeness (QED) is 0.732. The number of piperazine rings is 1. The zero-order valence-corrected chi connectivity index (χ0v) is 17.0. The van der Waals surface area contributed by atoms with Gasteiger partial charge < -0.3 is 14.5 Å². The molecule has 2 aliphatic heterocycles. The van der Waals surface area contributed by atoms with Crippen molar-refractivity contribution in [3.8, 4) is 17.6 Å². The van der Waals surface area contributed by atoms with Crippen LogP contribution in [0.2, 0.25) is 0 Å². The van der Waals surface area contributed by atoms with Gasteiger partial charge in [-0.3, -0.25) is 9.69 Å². The molecule has 1 aromatic carbocycles. The summed E-state index contributed by atoms with van der Waals surface area (Å²) in [5.74, 6) is 7.12. The molecule has 6 nitrogen and oxygen atoms in total. The van der Waals surface area contributed by atoms with Gasteiger partial charge in [0.2, 0.25) is 5.91 Å². The van der Waals surface area contributed by atoms with Crippen LogP contribution in [0.4, 0.5) is 5.69 Å². The van der Waals surface area contributed by atoms with Crippen molar-refractivity contribution in [2.75, 3.05) is 57.8 Å². The van der Waals surface area contributed by atoms with Gasteiger partial charge in [-0.1, -0.05) is 12.0 Å². The third-order valence-corrected chi connectivity index (χ3v) is 5.30. The van der Waals surface area contributed by atoms with Gasteiger partial charge in [-0.2, -0.15) is 0 Å². The topological polar surface area (TPSA) is 48.9 Å². The maximum atomic E-state index is 13.0. The van der Waals surface area contributed by atoms with Gasteiger partial charge in [0.1, 0.15) is 18.1 Å². The third-order valence-electron chi connectivity index (χ3n) is 5.30. The van der Waals surface area contributed by atoms with Gasteiger partial charge in [-0.15, -0.1) is 0 Å². The van der Waals surface area contributed by atoms with Crippen molar-refractivity contribution in [1.29, 1.82) is 0 Å². The van der Waals surface area contributed by atoms with Crippen LogP contribution in [0.25, 0.3) is 0 Å². The van der Waals surface area contributed by atoms with E-state index in [4.69, 9.17) is 4.74 Å². The number of hydrogen-bond acceptors (Lipinski definition) is 5. The molecule has 0 aliphatic carbocycles. The van der Waals surface area contributed by atoms with E-state index in [2.05, 4.69) is 33.7 Å². The Balaban J connectivity index is 1.52. The van der Waals surface area contributed by atoms with E-state index < -0.39 is 0 Å². The molecule has 0 saturated carbocycles. The number of benzene rings is 1. The molecule has 6 heteroatoms. The third kappa shape index (κ3) is 4.76. The number of likely N-dealkylation sites (N-methyl/N-ethyl adjacent to an activating group) is 1. The van der Waals surface area contributed by atoms with E-state index in [9.17, 15) is 4.79 Å². The molecule has 0 bridgehead atoms. The van der Waals surface area contributed by atoms with Gasteiger partial charge in [0, 0.05) is 37.4 Å². The first kappa shape index (κ1) is 19.4. The molecule has 0 spiro atoms. The van der Waals surface area contributed by atoms with Crippen LogP contribution < -0.4 is 9.64 Å². The highest BCUT2D eigenvalue weighted by Crippen LogP contribution is 2.32. The zero-order valence-electron chi connectivity index (χ0n) is 17.0. The molecule has 1 saturated heterocycles. The predicted molar refractivity (Wildman–Crippen MR) is 113 cm³/mol. The van der Waals surface area contributed by atoms with E-state index in [1.807, 2.05) is 48.2 Å². The Hall–Kier alpha value is -2.88. The number of pyridine rings is 1. The number of carbonyl (C=O) groups is 1. The molecule has 2 aromatic rings. The van der Waals surface area contributed by atoms with E-state index in [-0.39, 0.29) is 5.91 Å². The lowest BCUT2D eigenvalue weighted by Crippen LogP contribution is -2.50. The number of aryl methyl sites for hydroxylation is 1. The smallest absolute Gasteiger partial charge is 0.241 e. The number of anilines is 1. The summed E-state index contributed by atoms with van der Waals surface area (Å²) in [7, 11) is 2.12. The number of aromatic nitrogens is 1. The fourth-order valence-corrected chi connectivity index (χ4v) is 3.59. The Morgan fingerprint density at radius 3 is 2.72 bits per heavy atom. The molecule has 0 atom stereocenters. The van der Waals surface area contributed by atoms with Crippen LogP contribution in [-0.2, 0) is 4.79 Å². The largest absolute Gasteiger partial charge is 0.490 e. The minimum Gasteiger partial charge on any atom is -0.490 e. The minimum absolute atomic E-state index is 0.115. The summed E-state index contributed by atoms with van der Waals surface area (Å²) < 4.78 is 5.77. The summed E-state index contributed by atoms with van der Waals surface area (Å²) in [6.07, 6.45) is 0. The summed E-state index contributed by atoms with van der Waals surface area (Å²) in [5.41, 5.74) is 3.33. The Bertz CT molecular complexity index is 955. The summed E-state index contributed by atoms with van der Waals surface area (Å²) in [4.78, 5) is 23.8. The average Bonchev–Trinajstić information content (AvgIpc) is 2.73. The standard InChI is InChI=1S/C23H26N4O2/c1-18-4-3-5-20(24-18)8-6-19-7-9-22-21(16-19)27(14-15-29-22)23(28)17-26-12-10-25(2)11-13-26/h3-5,7,9,16H,10-15,17H2,1-2H3. The second-order valence-corrected chi connectivity index (χ2v) is 7.57. The first-order valence-electron chi connectivity index (χ1n) is 10.0. The van der Waals surface area contributed by atoms with Crippen molar-refractivity contribution in [2.45, 2.75) is 6.92 Å². The van der Waals surface area contributed by atoms with Gasteiger partial charge in [0.15, 0.2) is 0 Å². The molecule has 0 N–H and O–H groups in total. The van der Waals surface area contributed by atoms with Crippen LogP contribution in [0.15, 0.2) is 36.4 Å². The Morgan fingerprint density at radius 2 is 1.93 bits per heavy atom. The number of fused-ring (bicyclic) bond motifs is 1. The molecule has 29 heavy (non-hydrogen) atoms. The summed E-state index contributed by atoms with van der Waals surface area (Å²) in [6, 6.07) is 11.6. The number of hydrogen-bond donors (Lipinski definition) is 0. The molecule has 4 rings (SSSR count). The van der Waals surface area contributed by atoms with Crippen molar-refractivity contribution < 1.29 is 9.53 Å². The minimum atomic E-state index is 0.115. The van der Waals surface area contributed by atoms with Crippen molar-refractivity contribution in [1.82, 2.24) is 14.8 Å². The maximum absolute atomic E-state index is 13.0. The number of ether oxygens (including phenoxy) is 1. The second kappa shape index (κ2) is 8.64. The summed E-state index contributed by atoms with van der Waals surface area (Å²) in [5, 5.41) is 0. The predicted octanol–water partition coefficient (Wildman–Crippen LogP) is 1.76. The lowest BCUT2D eigenvalue weighted by atomic mass is 10.1. The van der Waals surface area contributed by atoms with Crippen molar-refractivity contribution >= 4 is 11.6 Å². The average molecular weight is 390 g/mol. The maximum Gasteiger partial charge on any atom is 0.241 e. The first-order valence-corrected chi connectivity index (χ1v) is 10.0. The van der Waals surface area contributed by atoms with Crippen molar-refractivity contribution in [3.63, 3.8) is 0 Å². The molecule has 150 valence electrons. The van der Waals surface area contributed by atoms with Crippen LogP contribution in [0, 0.1) is 18.8 Å². The summed E-state index contributed by atoms with van der Waals surface area (Å²) in [6.45, 7) is 7.32. The second-order valence-electron chi connectivity index (χ2n) is 7.57. The first-order chi connectivity index (χ1) is 14.1. The highest BCUT2D eigenvalue weighted by Gasteiger charge is 2.26. The zero-order chi connectivity index (χ0) is 20.2. The van der Waals surface area contributed by atoms with E-state index in [1.165, 1.54) is 0 Å². The van der Waals surface area contributed by atoms with Crippen LogP contribution in [0.1, 0.15) is 17.0 Å². The molecule has 0 radical (unpaired) electrons. The van der Waals surface area contributed by atoms with Crippen LogP contribution >= 0.6 is 0 Å². The molecule has 1 amide bonds. The lowest BCUT2D eigenvalue weighted by Gasteiger charge is -2.35. The van der Waals surface area contributed by atoms with Crippen LogP contribution in [0.5, 0.6) is 5.75 Å². The van der Waals surface area contributed by atoms with E-state index in [0.29, 0.717) is 19.7 Å². The Kier molecular flexibility index (Phi) is 5.79. The van der Waals surface area contributed by atoms with Gasteiger partial charge in [-0.25, -0.2) is 4.98 Å². The highest BCUT2D eigenvalue weighted by molar-refractivity contribution is 5.96. The Morgan fingerprint density at radius 1 is 1.10 bits per heavy atom. The number of nitrogens with zero attached hydrogens (tertiary/aromatic N) is 4. The molecule has 1 fully saturated rings. The number of rotatable bonds is 2. The van der Waals surface area contributed by atoms with Gasteiger partial charge in [0.25, 0.3) is 0 Å². The van der Waals surface area contributed by atoms with Crippen molar-refractivity contribution in [2.24, 2.45) is 0 Å². The van der Waals surface area contributed by atoms with E-state index >= 15 is 0 Å². The SMILES string of the molecule is Cc1cccc(C#Cc2ccc3c(c2)N(C(=O)CN2CCN(C)CC2)CCO3)n1. The van der Waals surface area contributed by atoms with E-state index in [0.717, 1.165) is 54.6 Å². The fraction of sp³-hybridized carbons (Fsp3) is 0.391. The van der Waals surface area contributed by atoms with Gasteiger partial charge >= 0.3 is 0 Å². The van der Waals surface area contributed by atoms with Crippen LogP contribution in [0.3, 0.4) is 0 Å². The normalized spacial score (nSPS) is 17.1. The molecule has 3 heterocycles. The molecule has 1 aromatic heterocycles. The molecule has 0 unspecified atom stereocenters.